The predicted molar refractivity (Wildman–Crippen MR) is 128 cm³/mol. The lowest BCUT2D eigenvalue weighted by Gasteiger charge is -2.18. The summed E-state index contributed by atoms with van der Waals surface area (Å²) in [5.74, 6) is -1.33. The van der Waals surface area contributed by atoms with Gasteiger partial charge in [0.1, 0.15) is 12.6 Å². The molecule has 2 unspecified atom stereocenters. The number of hydrogen-bond acceptors (Lipinski definition) is 4. The maximum Gasteiger partial charge on any atom is 0.407 e. The Balaban J connectivity index is 1.24. The quantitative estimate of drug-likeness (QED) is 0.490. The highest BCUT2D eigenvalue weighted by Crippen LogP contribution is 2.44. The van der Waals surface area contributed by atoms with Crippen LogP contribution in [0, 0.1) is 17.8 Å². The van der Waals surface area contributed by atoms with E-state index < -0.39 is 18.1 Å². The van der Waals surface area contributed by atoms with E-state index in [1.54, 1.807) is 0 Å². The Kier molecular flexibility index (Phi) is 7.20. The second-order valence-corrected chi connectivity index (χ2v) is 9.46. The second-order valence-electron chi connectivity index (χ2n) is 9.46. The first-order valence-electron chi connectivity index (χ1n) is 12.0. The van der Waals surface area contributed by atoms with Crippen LogP contribution in [-0.4, -0.2) is 42.3 Å². The standard InChI is InChI=1S/C27H32N2O5/c1-3-16(2)12-24(26(31)32)29-25(30)22-13-17(22)14-28-27(33)34-15-23-20-10-6-4-8-18(20)19-9-5-7-11-21(19)23/h4-11,16-17,22-24H,3,12-15H2,1-2H3,(H,28,33)(H,29,30)(H,31,32)/t16?,17-,22-,24?/m0/s1. The van der Waals surface area contributed by atoms with Gasteiger partial charge < -0.3 is 20.5 Å². The molecule has 4 atom stereocenters. The summed E-state index contributed by atoms with van der Waals surface area (Å²) in [5.41, 5.74) is 4.65. The number of ether oxygens (including phenoxy) is 1. The molecule has 2 aliphatic carbocycles. The Bertz CT molecular complexity index is 1020. The van der Waals surface area contributed by atoms with Crippen molar-refractivity contribution in [1.29, 1.82) is 0 Å². The molecule has 0 aromatic heterocycles. The van der Waals surface area contributed by atoms with Gasteiger partial charge in [0.25, 0.3) is 0 Å². The minimum absolute atomic E-state index is 0.00136. The van der Waals surface area contributed by atoms with Crippen LogP contribution in [0.4, 0.5) is 4.79 Å². The molecular weight excluding hydrogens is 432 g/mol. The topological polar surface area (TPSA) is 105 Å². The van der Waals surface area contributed by atoms with Crippen LogP contribution in [0.3, 0.4) is 0 Å². The van der Waals surface area contributed by atoms with Crippen LogP contribution in [0.2, 0.25) is 0 Å². The molecule has 3 N–H and O–H groups in total. The largest absolute Gasteiger partial charge is 0.480 e. The van der Waals surface area contributed by atoms with Gasteiger partial charge in [0, 0.05) is 18.4 Å². The lowest BCUT2D eigenvalue weighted by Crippen LogP contribution is -2.43. The van der Waals surface area contributed by atoms with E-state index in [0.29, 0.717) is 19.4 Å². The van der Waals surface area contributed by atoms with E-state index in [0.717, 1.165) is 17.5 Å². The van der Waals surface area contributed by atoms with E-state index in [9.17, 15) is 19.5 Å². The Morgan fingerprint density at radius 3 is 2.26 bits per heavy atom. The number of benzene rings is 2. The SMILES string of the molecule is CCC(C)CC(NC(=O)[C@H]1C[C@H]1CNC(=O)OCC1c2ccccc2-c2ccccc21)C(=O)O. The molecule has 2 amide bonds. The first-order valence-corrected chi connectivity index (χ1v) is 12.0. The van der Waals surface area contributed by atoms with E-state index in [4.69, 9.17) is 4.74 Å². The number of carbonyl (C=O) groups excluding carboxylic acids is 2. The van der Waals surface area contributed by atoms with E-state index in [1.807, 2.05) is 38.1 Å². The number of fused-ring (bicyclic) bond motifs is 3. The molecule has 0 saturated heterocycles. The molecule has 0 heterocycles. The third-order valence-electron chi connectivity index (χ3n) is 7.06. The van der Waals surface area contributed by atoms with Crippen LogP contribution in [0.1, 0.15) is 50.2 Å². The maximum atomic E-state index is 12.5. The van der Waals surface area contributed by atoms with Crippen molar-refractivity contribution >= 4 is 18.0 Å². The van der Waals surface area contributed by atoms with Gasteiger partial charge in [-0.2, -0.15) is 0 Å². The fourth-order valence-corrected chi connectivity index (χ4v) is 4.73. The van der Waals surface area contributed by atoms with Gasteiger partial charge in [-0.25, -0.2) is 9.59 Å². The fraction of sp³-hybridized carbons (Fsp3) is 0.444. The van der Waals surface area contributed by atoms with Gasteiger partial charge in [-0.05, 0) is 46.9 Å². The van der Waals surface area contributed by atoms with Crippen molar-refractivity contribution in [3.8, 4) is 11.1 Å². The molecule has 34 heavy (non-hydrogen) atoms. The van der Waals surface area contributed by atoms with E-state index in [2.05, 4.69) is 34.9 Å². The Labute approximate surface area is 199 Å². The highest BCUT2D eigenvalue weighted by molar-refractivity contribution is 5.86. The third kappa shape index (κ3) is 5.24. The second kappa shape index (κ2) is 10.3. The van der Waals surface area contributed by atoms with Crippen molar-refractivity contribution in [2.24, 2.45) is 17.8 Å². The summed E-state index contributed by atoms with van der Waals surface area (Å²) in [6.45, 7) is 4.54. The average molecular weight is 465 g/mol. The molecule has 7 nitrogen and oxygen atoms in total. The van der Waals surface area contributed by atoms with Crippen molar-refractivity contribution in [1.82, 2.24) is 10.6 Å². The summed E-state index contributed by atoms with van der Waals surface area (Å²) in [4.78, 5) is 36.3. The van der Waals surface area contributed by atoms with Crippen molar-refractivity contribution in [2.45, 2.75) is 45.1 Å². The van der Waals surface area contributed by atoms with Gasteiger partial charge in [-0.3, -0.25) is 4.79 Å². The highest BCUT2D eigenvalue weighted by Gasteiger charge is 2.44. The number of nitrogens with one attached hydrogen (secondary N) is 2. The zero-order valence-corrected chi connectivity index (χ0v) is 19.6. The van der Waals surface area contributed by atoms with Crippen molar-refractivity contribution < 1.29 is 24.2 Å². The number of aliphatic carboxylic acids is 1. The summed E-state index contributed by atoms with van der Waals surface area (Å²) in [7, 11) is 0. The zero-order valence-electron chi connectivity index (χ0n) is 19.6. The molecule has 0 aliphatic heterocycles. The molecule has 1 saturated carbocycles. The maximum absolute atomic E-state index is 12.5. The summed E-state index contributed by atoms with van der Waals surface area (Å²) < 4.78 is 5.54. The van der Waals surface area contributed by atoms with Gasteiger partial charge >= 0.3 is 12.1 Å². The molecule has 0 spiro atoms. The summed E-state index contributed by atoms with van der Waals surface area (Å²) >= 11 is 0. The molecule has 180 valence electrons. The molecule has 0 radical (unpaired) electrons. The van der Waals surface area contributed by atoms with Crippen LogP contribution in [0.25, 0.3) is 11.1 Å². The minimum Gasteiger partial charge on any atom is -0.480 e. The van der Waals surface area contributed by atoms with Crippen LogP contribution < -0.4 is 10.6 Å². The molecule has 7 heteroatoms. The molecule has 4 rings (SSSR count). The van der Waals surface area contributed by atoms with Gasteiger partial charge in [0.05, 0.1) is 0 Å². The van der Waals surface area contributed by atoms with E-state index >= 15 is 0 Å². The molecule has 1 fully saturated rings. The smallest absolute Gasteiger partial charge is 0.407 e. The number of rotatable bonds is 10. The van der Waals surface area contributed by atoms with E-state index in [1.165, 1.54) is 11.1 Å². The Hall–Kier alpha value is -3.35. The Morgan fingerprint density at radius 1 is 1.06 bits per heavy atom. The lowest BCUT2D eigenvalue weighted by atomic mass is 9.98. The van der Waals surface area contributed by atoms with Crippen LogP contribution >= 0.6 is 0 Å². The molecule has 2 aliphatic rings. The molecule has 0 bridgehead atoms. The monoisotopic (exact) mass is 464 g/mol. The summed E-state index contributed by atoms with van der Waals surface area (Å²) in [6, 6.07) is 15.4. The number of carboxylic acid groups (broad SMARTS) is 1. The minimum atomic E-state index is -1.01. The highest BCUT2D eigenvalue weighted by atomic mass is 16.5. The molecule has 2 aromatic rings. The van der Waals surface area contributed by atoms with Crippen LogP contribution in [-0.2, 0) is 14.3 Å². The number of carbonyl (C=O) groups is 3. The number of amides is 2. The Morgan fingerprint density at radius 2 is 1.68 bits per heavy atom. The van der Waals surface area contributed by atoms with Crippen LogP contribution in [0.15, 0.2) is 48.5 Å². The van der Waals surface area contributed by atoms with Crippen LogP contribution in [0.5, 0.6) is 0 Å². The zero-order chi connectivity index (χ0) is 24.2. The summed E-state index contributed by atoms with van der Waals surface area (Å²) in [6.07, 6.45) is 1.39. The lowest BCUT2D eigenvalue weighted by molar-refractivity contribution is -0.142. The predicted octanol–water partition coefficient (Wildman–Crippen LogP) is 4.17. The molecule has 2 aromatic carbocycles. The van der Waals surface area contributed by atoms with Crippen molar-refractivity contribution in [3.63, 3.8) is 0 Å². The number of alkyl carbamates (subject to hydrolysis) is 1. The van der Waals surface area contributed by atoms with Gasteiger partial charge in [0.2, 0.25) is 5.91 Å². The average Bonchev–Trinajstić information content (AvgIpc) is 3.56. The summed E-state index contributed by atoms with van der Waals surface area (Å²) in [5, 5.41) is 14.8. The molecular formula is C27H32N2O5. The van der Waals surface area contributed by atoms with Gasteiger partial charge in [0.15, 0.2) is 0 Å². The number of hydrogen-bond donors (Lipinski definition) is 3. The first-order chi connectivity index (χ1) is 16.4. The number of carboxylic acids is 1. The van der Waals surface area contributed by atoms with E-state index in [-0.39, 0.29) is 36.2 Å². The van der Waals surface area contributed by atoms with Crippen molar-refractivity contribution in [3.05, 3.63) is 59.7 Å². The third-order valence-corrected chi connectivity index (χ3v) is 7.06. The fourth-order valence-electron chi connectivity index (χ4n) is 4.73. The normalized spacial score (nSPS) is 19.9. The first kappa shape index (κ1) is 23.8. The van der Waals surface area contributed by atoms with Crippen molar-refractivity contribution in [2.75, 3.05) is 13.2 Å². The van der Waals surface area contributed by atoms with Gasteiger partial charge in [-0.1, -0.05) is 68.8 Å². The van der Waals surface area contributed by atoms with Gasteiger partial charge in [-0.15, -0.1) is 0 Å².